The molecular weight excluding hydrogens is 555 g/mol. The third-order valence-electron chi connectivity index (χ3n) is 5.73. The van der Waals surface area contributed by atoms with E-state index in [2.05, 4.69) is 10.6 Å². The Labute approximate surface area is 238 Å². The lowest BCUT2D eigenvalue weighted by atomic mass is 10.1. The first-order valence-electron chi connectivity index (χ1n) is 11.7. The molecule has 0 spiro atoms. The van der Waals surface area contributed by atoms with E-state index in [9.17, 15) is 29.4 Å². The zero-order chi connectivity index (χ0) is 28.8. The highest BCUT2D eigenvalue weighted by Gasteiger charge is 2.15. The number of aromatic carboxylic acids is 2. The Morgan fingerprint density at radius 3 is 1.23 bits per heavy atom. The molecule has 0 saturated heterocycles. The second kappa shape index (κ2) is 12.3. The van der Waals surface area contributed by atoms with Gasteiger partial charge in [-0.15, -0.1) is 0 Å². The Morgan fingerprint density at radius 2 is 0.900 bits per heavy atom. The maximum Gasteiger partial charge on any atom is 0.337 e. The molecule has 4 rings (SSSR count). The number of halogens is 2. The number of carboxylic acids is 2. The molecule has 0 aliphatic rings. The standard InChI is InChI=1S/C30H20Cl2N2O6/c31-21-11-13-25(23(15-21)29(37)38)33-27(35)19-7-3-17(4-8-19)1-2-18-5-9-20(10-6-18)28(36)34-26-14-12-22(32)16-24(26)30(39)40/h1-16H,(H,33,35)(H,34,36)(H,37,38)(H,39,40)/b2-1+. The van der Waals surface area contributed by atoms with E-state index in [1.54, 1.807) is 48.5 Å². The van der Waals surface area contributed by atoms with Crippen LogP contribution in [0.2, 0.25) is 10.0 Å². The van der Waals surface area contributed by atoms with Crippen molar-refractivity contribution >= 4 is 70.5 Å². The van der Waals surface area contributed by atoms with Crippen molar-refractivity contribution in [2.75, 3.05) is 10.6 Å². The third-order valence-corrected chi connectivity index (χ3v) is 6.20. The van der Waals surface area contributed by atoms with Crippen LogP contribution in [0, 0.1) is 0 Å². The lowest BCUT2D eigenvalue weighted by Crippen LogP contribution is -2.14. The zero-order valence-electron chi connectivity index (χ0n) is 20.5. The van der Waals surface area contributed by atoms with Crippen molar-refractivity contribution in [3.05, 3.63) is 128 Å². The van der Waals surface area contributed by atoms with Gasteiger partial charge in [0.15, 0.2) is 0 Å². The summed E-state index contributed by atoms with van der Waals surface area (Å²) >= 11 is 11.7. The number of carboxylic acid groups (broad SMARTS) is 2. The SMILES string of the molecule is O=C(Nc1ccc(Cl)cc1C(=O)O)c1ccc(/C=C/c2ccc(C(=O)Nc3ccc(Cl)cc3C(=O)O)cc2)cc1. The minimum absolute atomic E-state index is 0.112. The van der Waals surface area contributed by atoms with Crippen molar-refractivity contribution in [3.63, 3.8) is 0 Å². The molecule has 40 heavy (non-hydrogen) atoms. The maximum atomic E-state index is 12.6. The van der Waals surface area contributed by atoms with Crippen molar-refractivity contribution < 1.29 is 29.4 Å². The van der Waals surface area contributed by atoms with Crippen LogP contribution >= 0.6 is 23.2 Å². The lowest BCUT2D eigenvalue weighted by molar-refractivity contribution is 0.0687. The number of rotatable bonds is 8. The van der Waals surface area contributed by atoms with Crippen molar-refractivity contribution in [1.29, 1.82) is 0 Å². The second-order valence-electron chi connectivity index (χ2n) is 8.48. The van der Waals surface area contributed by atoms with E-state index in [4.69, 9.17) is 23.2 Å². The average Bonchev–Trinajstić information content (AvgIpc) is 2.94. The molecule has 0 atom stereocenters. The van der Waals surface area contributed by atoms with Crippen LogP contribution in [0.15, 0.2) is 84.9 Å². The summed E-state index contributed by atoms with van der Waals surface area (Å²) in [6, 6.07) is 21.8. The minimum Gasteiger partial charge on any atom is -0.478 e. The van der Waals surface area contributed by atoms with Gasteiger partial charge >= 0.3 is 11.9 Å². The van der Waals surface area contributed by atoms with Gasteiger partial charge in [0.25, 0.3) is 11.8 Å². The predicted octanol–water partition coefficient (Wildman–Crippen LogP) is 7.06. The first-order chi connectivity index (χ1) is 19.1. The summed E-state index contributed by atoms with van der Waals surface area (Å²) in [5.41, 5.74) is 2.34. The molecule has 4 aromatic carbocycles. The van der Waals surface area contributed by atoms with Crippen LogP contribution < -0.4 is 10.6 Å². The van der Waals surface area contributed by atoms with E-state index in [1.165, 1.54) is 36.4 Å². The van der Waals surface area contributed by atoms with Gasteiger partial charge < -0.3 is 20.8 Å². The third kappa shape index (κ3) is 6.93. The molecule has 0 saturated carbocycles. The Balaban J connectivity index is 1.39. The molecule has 0 heterocycles. The molecule has 200 valence electrons. The number of carbonyl (C=O) groups excluding carboxylic acids is 2. The van der Waals surface area contributed by atoms with Gasteiger partial charge in [0.1, 0.15) is 0 Å². The van der Waals surface area contributed by atoms with E-state index >= 15 is 0 Å². The van der Waals surface area contributed by atoms with Crippen LogP contribution in [-0.4, -0.2) is 34.0 Å². The van der Waals surface area contributed by atoms with Crippen LogP contribution in [0.3, 0.4) is 0 Å². The number of anilines is 2. The number of amides is 2. The average molecular weight is 575 g/mol. The molecule has 0 aliphatic carbocycles. The monoisotopic (exact) mass is 574 g/mol. The molecule has 0 unspecified atom stereocenters. The molecule has 8 nitrogen and oxygen atoms in total. The Bertz CT molecular complexity index is 1530. The molecule has 10 heteroatoms. The molecule has 0 fully saturated rings. The first kappa shape index (κ1) is 28.1. The Hall–Kier alpha value is -4.92. The second-order valence-corrected chi connectivity index (χ2v) is 9.35. The van der Waals surface area contributed by atoms with Gasteiger partial charge in [0, 0.05) is 21.2 Å². The lowest BCUT2D eigenvalue weighted by Gasteiger charge is -2.09. The summed E-state index contributed by atoms with van der Waals surface area (Å²) in [5, 5.41) is 24.4. The predicted molar refractivity (Wildman–Crippen MR) is 155 cm³/mol. The molecular formula is C30H20Cl2N2O6. The van der Waals surface area contributed by atoms with Gasteiger partial charge in [-0.2, -0.15) is 0 Å². The topological polar surface area (TPSA) is 133 Å². The van der Waals surface area contributed by atoms with Crippen LogP contribution in [-0.2, 0) is 0 Å². The molecule has 0 aliphatic heterocycles. The largest absolute Gasteiger partial charge is 0.478 e. The van der Waals surface area contributed by atoms with Gasteiger partial charge in [-0.25, -0.2) is 9.59 Å². The smallest absolute Gasteiger partial charge is 0.337 e. The van der Waals surface area contributed by atoms with E-state index in [1.807, 2.05) is 12.2 Å². The van der Waals surface area contributed by atoms with Crippen LogP contribution in [0.1, 0.15) is 52.6 Å². The summed E-state index contributed by atoms with van der Waals surface area (Å²) in [4.78, 5) is 48.1. The quantitative estimate of drug-likeness (QED) is 0.166. The van der Waals surface area contributed by atoms with Crippen molar-refractivity contribution in [2.45, 2.75) is 0 Å². The van der Waals surface area contributed by atoms with Gasteiger partial charge in [0.05, 0.1) is 22.5 Å². The van der Waals surface area contributed by atoms with Gasteiger partial charge in [-0.1, -0.05) is 59.6 Å². The fourth-order valence-electron chi connectivity index (χ4n) is 3.68. The minimum atomic E-state index is -1.21. The Kier molecular flexibility index (Phi) is 8.63. The highest BCUT2D eigenvalue weighted by molar-refractivity contribution is 6.31. The van der Waals surface area contributed by atoms with Crippen LogP contribution in [0.4, 0.5) is 11.4 Å². The number of hydrogen-bond acceptors (Lipinski definition) is 4. The molecule has 4 N–H and O–H groups in total. The zero-order valence-corrected chi connectivity index (χ0v) is 22.0. The number of carbonyl (C=O) groups is 4. The number of nitrogens with one attached hydrogen (secondary N) is 2. The number of hydrogen-bond donors (Lipinski definition) is 4. The first-order valence-corrected chi connectivity index (χ1v) is 12.4. The summed E-state index contributed by atoms with van der Waals surface area (Å²) in [6.45, 7) is 0. The summed E-state index contributed by atoms with van der Waals surface area (Å²) in [6.07, 6.45) is 3.65. The summed E-state index contributed by atoms with van der Waals surface area (Å²) in [7, 11) is 0. The summed E-state index contributed by atoms with van der Waals surface area (Å²) < 4.78 is 0. The molecule has 0 radical (unpaired) electrons. The van der Waals surface area contributed by atoms with E-state index in [-0.39, 0.29) is 32.5 Å². The van der Waals surface area contributed by atoms with E-state index in [0.29, 0.717) is 11.1 Å². The maximum absolute atomic E-state index is 12.6. The van der Waals surface area contributed by atoms with E-state index < -0.39 is 23.8 Å². The van der Waals surface area contributed by atoms with Gasteiger partial charge in [-0.05, 0) is 71.8 Å². The molecule has 4 aromatic rings. The van der Waals surface area contributed by atoms with E-state index in [0.717, 1.165) is 11.1 Å². The fourth-order valence-corrected chi connectivity index (χ4v) is 4.02. The molecule has 2 amide bonds. The Morgan fingerprint density at radius 1 is 0.550 bits per heavy atom. The highest BCUT2D eigenvalue weighted by atomic mass is 35.5. The fraction of sp³-hybridized carbons (Fsp3) is 0. The van der Waals surface area contributed by atoms with Crippen molar-refractivity contribution in [1.82, 2.24) is 0 Å². The van der Waals surface area contributed by atoms with Gasteiger partial charge in [0.2, 0.25) is 0 Å². The number of benzene rings is 4. The molecule has 0 aromatic heterocycles. The summed E-state index contributed by atoms with van der Waals surface area (Å²) in [5.74, 6) is -3.35. The molecule has 0 bridgehead atoms. The van der Waals surface area contributed by atoms with Crippen LogP contribution in [0.25, 0.3) is 12.2 Å². The van der Waals surface area contributed by atoms with Crippen LogP contribution in [0.5, 0.6) is 0 Å². The van der Waals surface area contributed by atoms with Crippen molar-refractivity contribution in [3.8, 4) is 0 Å². The highest BCUT2D eigenvalue weighted by Crippen LogP contribution is 2.23. The normalized spacial score (nSPS) is 10.8. The van der Waals surface area contributed by atoms with Crippen molar-refractivity contribution in [2.24, 2.45) is 0 Å². The van der Waals surface area contributed by atoms with Gasteiger partial charge in [-0.3, -0.25) is 9.59 Å².